The lowest BCUT2D eigenvalue weighted by molar-refractivity contribution is 0.0522. The van der Waals surface area contributed by atoms with Crippen LogP contribution < -0.4 is 5.32 Å². The maximum absolute atomic E-state index is 11.4. The predicted octanol–water partition coefficient (Wildman–Crippen LogP) is 1.70. The molecule has 6 heteroatoms. The fourth-order valence-corrected chi connectivity index (χ4v) is 1.09. The van der Waals surface area contributed by atoms with Crippen LogP contribution >= 0.6 is 0 Å². The van der Waals surface area contributed by atoms with E-state index in [1.165, 1.54) is 19.3 Å². The number of rotatable bonds is 3. The van der Waals surface area contributed by atoms with E-state index in [1.807, 2.05) is 0 Å². The number of ether oxygens (including phenoxy) is 1. The Morgan fingerprint density at radius 2 is 1.83 bits per heavy atom. The lowest BCUT2D eigenvalue weighted by Gasteiger charge is -2.19. The van der Waals surface area contributed by atoms with Gasteiger partial charge in [-0.2, -0.15) is 0 Å². The third-order valence-corrected chi connectivity index (χ3v) is 1.90. The van der Waals surface area contributed by atoms with Crippen LogP contribution in [0.15, 0.2) is 12.4 Å². The zero-order valence-electron chi connectivity index (χ0n) is 11.0. The molecule has 0 saturated heterocycles. The average Bonchev–Trinajstić information content (AvgIpc) is 2.24. The van der Waals surface area contributed by atoms with Crippen molar-refractivity contribution in [1.29, 1.82) is 0 Å². The molecule has 0 radical (unpaired) electrons. The molecule has 1 N–H and O–H groups in total. The summed E-state index contributed by atoms with van der Waals surface area (Å²) >= 11 is 0. The largest absolute Gasteiger partial charge is 0.444 e. The van der Waals surface area contributed by atoms with Crippen LogP contribution in [0.3, 0.4) is 0 Å². The van der Waals surface area contributed by atoms with Crippen molar-refractivity contribution in [3.8, 4) is 0 Å². The number of hydrogen-bond donors (Lipinski definition) is 1. The van der Waals surface area contributed by atoms with Crippen LogP contribution in [-0.4, -0.2) is 27.4 Å². The lowest BCUT2D eigenvalue weighted by Crippen LogP contribution is -2.32. The van der Waals surface area contributed by atoms with E-state index in [0.29, 0.717) is 11.4 Å². The zero-order valence-corrected chi connectivity index (χ0v) is 11.0. The van der Waals surface area contributed by atoms with Crippen LogP contribution in [0.2, 0.25) is 0 Å². The van der Waals surface area contributed by atoms with Crippen LogP contribution in [0.4, 0.5) is 4.79 Å². The number of Topliss-reactive ketones (excluding diaryl/α,β-unsaturated/α-hetero) is 1. The number of nitrogens with one attached hydrogen (secondary N) is 1. The third-order valence-electron chi connectivity index (χ3n) is 1.90. The molecular weight excluding hydrogens is 234 g/mol. The SMILES string of the molecule is CC(=O)c1cnc(CNC(=O)OC(C)(C)C)nc1. The number of nitrogens with zero attached hydrogens (tertiary/aromatic N) is 2. The molecule has 6 nitrogen and oxygen atoms in total. The number of amides is 1. The smallest absolute Gasteiger partial charge is 0.408 e. The summed E-state index contributed by atoms with van der Waals surface area (Å²) in [6.45, 7) is 6.95. The maximum Gasteiger partial charge on any atom is 0.408 e. The van der Waals surface area contributed by atoms with Crippen molar-refractivity contribution < 1.29 is 14.3 Å². The van der Waals surface area contributed by atoms with Crippen molar-refractivity contribution in [3.63, 3.8) is 0 Å². The van der Waals surface area contributed by atoms with Crippen LogP contribution in [0.1, 0.15) is 43.9 Å². The van der Waals surface area contributed by atoms with Gasteiger partial charge in [-0.15, -0.1) is 0 Å². The Labute approximate surface area is 106 Å². The molecule has 1 rings (SSSR count). The monoisotopic (exact) mass is 251 g/mol. The van der Waals surface area contributed by atoms with Crippen molar-refractivity contribution >= 4 is 11.9 Å². The Balaban J connectivity index is 2.49. The first-order valence-corrected chi connectivity index (χ1v) is 5.56. The summed E-state index contributed by atoms with van der Waals surface area (Å²) in [6.07, 6.45) is 2.34. The summed E-state index contributed by atoms with van der Waals surface area (Å²) in [5.41, 5.74) is -0.0975. The second kappa shape index (κ2) is 5.57. The molecule has 1 aromatic heterocycles. The Morgan fingerprint density at radius 1 is 1.28 bits per heavy atom. The molecule has 18 heavy (non-hydrogen) atoms. The Kier molecular flexibility index (Phi) is 4.36. The topological polar surface area (TPSA) is 81.2 Å². The van der Waals surface area contributed by atoms with Crippen LogP contribution in [0, 0.1) is 0 Å². The highest BCUT2D eigenvalue weighted by atomic mass is 16.6. The number of aromatic nitrogens is 2. The van der Waals surface area contributed by atoms with Gasteiger partial charge < -0.3 is 10.1 Å². The van der Waals surface area contributed by atoms with Gasteiger partial charge in [-0.05, 0) is 27.7 Å². The molecule has 0 spiro atoms. The predicted molar refractivity (Wildman–Crippen MR) is 65.1 cm³/mol. The molecule has 0 saturated carbocycles. The highest BCUT2D eigenvalue weighted by Crippen LogP contribution is 2.06. The van der Waals surface area contributed by atoms with Gasteiger partial charge in [0, 0.05) is 12.4 Å². The molecule has 0 aliphatic carbocycles. The summed E-state index contributed by atoms with van der Waals surface area (Å²) in [5, 5.41) is 2.53. The van der Waals surface area contributed by atoms with Crippen LogP contribution in [0.25, 0.3) is 0 Å². The molecule has 0 fully saturated rings. The summed E-state index contributed by atoms with van der Waals surface area (Å²) in [6, 6.07) is 0. The summed E-state index contributed by atoms with van der Waals surface area (Å²) < 4.78 is 5.06. The highest BCUT2D eigenvalue weighted by Gasteiger charge is 2.15. The fourth-order valence-electron chi connectivity index (χ4n) is 1.09. The van der Waals surface area contributed by atoms with Gasteiger partial charge in [-0.1, -0.05) is 0 Å². The van der Waals surface area contributed by atoms with E-state index < -0.39 is 11.7 Å². The maximum atomic E-state index is 11.4. The molecule has 1 aromatic rings. The number of carbonyl (C=O) groups excluding carboxylic acids is 2. The first kappa shape index (κ1) is 14.1. The molecule has 0 atom stereocenters. The van der Waals surface area contributed by atoms with Crippen molar-refractivity contribution in [2.75, 3.05) is 0 Å². The summed E-state index contributed by atoms with van der Waals surface area (Å²) in [5.74, 6) is 0.326. The van der Waals surface area contributed by atoms with E-state index in [-0.39, 0.29) is 12.3 Å². The molecule has 0 aromatic carbocycles. The van der Waals surface area contributed by atoms with Gasteiger partial charge in [0.05, 0.1) is 12.1 Å². The second-order valence-electron chi connectivity index (χ2n) is 4.80. The normalized spacial score (nSPS) is 10.9. The highest BCUT2D eigenvalue weighted by molar-refractivity contribution is 5.93. The molecule has 1 amide bonds. The minimum absolute atomic E-state index is 0.0957. The molecule has 98 valence electrons. The molecule has 0 bridgehead atoms. The molecule has 1 heterocycles. The quantitative estimate of drug-likeness (QED) is 0.827. The molecule has 0 aliphatic heterocycles. The average molecular weight is 251 g/mol. The van der Waals surface area contributed by atoms with Gasteiger partial charge in [0.1, 0.15) is 11.4 Å². The molecule has 0 unspecified atom stereocenters. The molecule has 0 aliphatic rings. The third kappa shape index (κ3) is 4.90. The number of ketones is 1. The van der Waals surface area contributed by atoms with Crippen LogP contribution in [-0.2, 0) is 11.3 Å². The first-order chi connectivity index (χ1) is 8.28. The van der Waals surface area contributed by atoms with E-state index in [4.69, 9.17) is 4.74 Å². The van der Waals surface area contributed by atoms with Crippen molar-refractivity contribution in [2.24, 2.45) is 0 Å². The summed E-state index contributed by atoms with van der Waals surface area (Å²) in [7, 11) is 0. The van der Waals surface area contributed by atoms with E-state index in [1.54, 1.807) is 20.8 Å². The Bertz CT molecular complexity index is 435. The minimum Gasteiger partial charge on any atom is -0.444 e. The van der Waals surface area contributed by atoms with Gasteiger partial charge in [-0.25, -0.2) is 14.8 Å². The second-order valence-corrected chi connectivity index (χ2v) is 4.80. The standard InChI is InChI=1S/C12H17N3O3/c1-8(16)9-5-13-10(14-6-9)7-15-11(17)18-12(2,3)4/h5-6H,7H2,1-4H3,(H,15,17). The number of hydrogen-bond acceptors (Lipinski definition) is 5. The van der Waals surface area contributed by atoms with Gasteiger partial charge in [0.25, 0.3) is 0 Å². The fraction of sp³-hybridized carbons (Fsp3) is 0.500. The van der Waals surface area contributed by atoms with E-state index >= 15 is 0 Å². The minimum atomic E-state index is -0.538. The van der Waals surface area contributed by atoms with Gasteiger partial charge >= 0.3 is 6.09 Å². The molecular formula is C12H17N3O3. The Morgan fingerprint density at radius 3 is 2.28 bits per heavy atom. The van der Waals surface area contributed by atoms with Gasteiger partial charge in [0.2, 0.25) is 0 Å². The van der Waals surface area contributed by atoms with Crippen molar-refractivity contribution in [2.45, 2.75) is 39.8 Å². The van der Waals surface area contributed by atoms with E-state index in [9.17, 15) is 9.59 Å². The van der Waals surface area contributed by atoms with Crippen LogP contribution in [0.5, 0.6) is 0 Å². The number of carbonyl (C=O) groups is 2. The van der Waals surface area contributed by atoms with Crippen molar-refractivity contribution in [3.05, 3.63) is 23.8 Å². The number of alkyl carbamates (subject to hydrolysis) is 1. The zero-order chi connectivity index (χ0) is 13.8. The first-order valence-electron chi connectivity index (χ1n) is 5.56. The van der Waals surface area contributed by atoms with Crippen molar-refractivity contribution in [1.82, 2.24) is 15.3 Å². The summed E-state index contributed by atoms with van der Waals surface area (Å²) in [4.78, 5) is 30.3. The lowest BCUT2D eigenvalue weighted by atomic mass is 10.2. The van der Waals surface area contributed by atoms with E-state index in [2.05, 4.69) is 15.3 Å². The van der Waals surface area contributed by atoms with Gasteiger partial charge in [-0.3, -0.25) is 4.79 Å². The van der Waals surface area contributed by atoms with E-state index in [0.717, 1.165) is 0 Å². The Hall–Kier alpha value is -1.98. The van der Waals surface area contributed by atoms with Gasteiger partial charge in [0.15, 0.2) is 5.78 Å².